The molecular formula is C21H38. The van der Waals surface area contributed by atoms with Gasteiger partial charge in [-0.25, -0.2) is 0 Å². The zero-order valence-electron chi connectivity index (χ0n) is 14.7. The molecule has 0 aromatic rings. The Morgan fingerprint density at radius 2 is 1.38 bits per heavy atom. The van der Waals surface area contributed by atoms with Crippen LogP contribution in [0, 0.1) is 23.7 Å². The molecule has 2 rings (SSSR count). The molecule has 0 amide bonds. The van der Waals surface area contributed by atoms with E-state index in [0.717, 1.165) is 23.7 Å². The Balaban J connectivity index is 1.61. The normalized spacial score (nSPS) is 34.4. The maximum absolute atomic E-state index is 2.45. The van der Waals surface area contributed by atoms with E-state index in [2.05, 4.69) is 26.0 Å². The highest BCUT2D eigenvalue weighted by Gasteiger charge is 2.29. The molecule has 0 bridgehead atoms. The molecule has 0 atom stereocenters. The van der Waals surface area contributed by atoms with Gasteiger partial charge in [-0.2, -0.15) is 0 Å². The van der Waals surface area contributed by atoms with Crippen LogP contribution >= 0.6 is 0 Å². The maximum atomic E-state index is 2.45. The van der Waals surface area contributed by atoms with E-state index in [1.165, 1.54) is 57.8 Å². The van der Waals surface area contributed by atoms with Crippen molar-refractivity contribution < 1.29 is 0 Å². The Morgan fingerprint density at radius 1 is 0.762 bits per heavy atom. The Hall–Kier alpha value is -0.260. The van der Waals surface area contributed by atoms with Gasteiger partial charge >= 0.3 is 0 Å². The lowest BCUT2D eigenvalue weighted by molar-refractivity contribution is 0.151. The summed E-state index contributed by atoms with van der Waals surface area (Å²) in [6.45, 7) is 4.49. The van der Waals surface area contributed by atoms with E-state index in [-0.39, 0.29) is 0 Å². The first-order valence-electron chi connectivity index (χ1n) is 9.96. The van der Waals surface area contributed by atoms with Crippen molar-refractivity contribution >= 4 is 0 Å². The number of hydrogen-bond acceptors (Lipinski definition) is 0. The van der Waals surface area contributed by atoms with Crippen LogP contribution in [0.25, 0.3) is 0 Å². The fourth-order valence-corrected chi connectivity index (χ4v) is 4.89. The van der Waals surface area contributed by atoms with E-state index < -0.39 is 0 Å². The molecule has 0 aliphatic heterocycles. The molecule has 0 nitrogen and oxygen atoms in total. The highest BCUT2D eigenvalue weighted by atomic mass is 14.4. The SMILES string of the molecule is C/C=C/C1CCC(C2CCC(CCCCCC)CC2)CC1. The summed E-state index contributed by atoms with van der Waals surface area (Å²) < 4.78 is 0. The minimum Gasteiger partial charge on any atom is -0.0914 e. The van der Waals surface area contributed by atoms with Crippen LogP contribution in [-0.4, -0.2) is 0 Å². The maximum Gasteiger partial charge on any atom is -0.0233 e. The summed E-state index contributed by atoms with van der Waals surface area (Å²) >= 11 is 0. The Labute approximate surface area is 133 Å². The predicted molar refractivity (Wildman–Crippen MR) is 94.5 cm³/mol. The zero-order chi connectivity index (χ0) is 14.9. The second-order valence-corrected chi connectivity index (χ2v) is 7.83. The van der Waals surface area contributed by atoms with Gasteiger partial charge in [0.2, 0.25) is 0 Å². The minimum absolute atomic E-state index is 0.904. The van der Waals surface area contributed by atoms with Crippen molar-refractivity contribution in [3.8, 4) is 0 Å². The van der Waals surface area contributed by atoms with E-state index in [0.29, 0.717) is 0 Å². The second kappa shape index (κ2) is 9.70. The third-order valence-corrected chi connectivity index (χ3v) is 6.31. The smallest absolute Gasteiger partial charge is 0.0233 e. The van der Waals surface area contributed by atoms with Gasteiger partial charge in [0.25, 0.3) is 0 Å². The van der Waals surface area contributed by atoms with Crippen molar-refractivity contribution in [1.82, 2.24) is 0 Å². The molecule has 0 aromatic carbocycles. The van der Waals surface area contributed by atoms with E-state index >= 15 is 0 Å². The largest absolute Gasteiger partial charge is 0.0914 e. The van der Waals surface area contributed by atoms with Crippen LogP contribution in [0.15, 0.2) is 12.2 Å². The lowest BCUT2D eigenvalue weighted by Gasteiger charge is -2.37. The molecular weight excluding hydrogens is 252 g/mol. The van der Waals surface area contributed by atoms with Gasteiger partial charge in [-0.15, -0.1) is 0 Å². The summed E-state index contributed by atoms with van der Waals surface area (Å²) in [5.41, 5.74) is 0. The average molecular weight is 291 g/mol. The topological polar surface area (TPSA) is 0 Å². The summed E-state index contributed by atoms with van der Waals surface area (Å²) in [4.78, 5) is 0. The second-order valence-electron chi connectivity index (χ2n) is 7.83. The molecule has 0 heterocycles. The molecule has 0 unspecified atom stereocenters. The summed E-state index contributed by atoms with van der Waals surface area (Å²) in [7, 11) is 0. The number of rotatable bonds is 7. The summed E-state index contributed by atoms with van der Waals surface area (Å²) in [6.07, 6.45) is 24.2. The van der Waals surface area contributed by atoms with Gasteiger partial charge in [0.05, 0.1) is 0 Å². The monoisotopic (exact) mass is 290 g/mol. The first-order chi connectivity index (χ1) is 10.3. The number of allylic oxidation sites excluding steroid dienone is 2. The third-order valence-electron chi connectivity index (χ3n) is 6.31. The fourth-order valence-electron chi connectivity index (χ4n) is 4.89. The summed E-state index contributed by atoms with van der Waals surface area (Å²) in [6, 6.07) is 0. The quantitative estimate of drug-likeness (QED) is 0.345. The highest BCUT2D eigenvalue weighted by Crippen LogP contribution is 2.42. The molecule has 0 spiro atoms. The summed E-state index contributed by atoms with van der Waals surface area (Å²) in [5, 5.41) is 0. The minimum atomic E-state index is 0.904. The predicted octanol–water partition coefficient (Wildman–Crippen LogP) is 7.15. The highest BCUT2D eigenvalue weighted by molar-refractivity contribution is 4.90. The standard InChI is InChI=1S/C21H38/c1-3-5-6-7-9-19-12-16-21(17-13-19)20-14-10-18(8-4-2)11-15-20/h4,8,18-21H,3,5-7,9-17H2,1-2H3/b8-4+. The summed E-state index contributed by atoms with van der Waals surface area (Å²) in [5.74, 6) is 4.15. The van der Waals surface area contributed by atoms with Crippen molar-refractivity contribution in [2.24, 2.45) is 23.7 Å². The average Bonchev–Trinajstić information content (AvgIpc) is 2.53. The van der Waals surface area contributed by atoms with Gasteiger partial charge in [0.15, 0.2) is 0 Å². The lowest BCUT2D eigenvalue weighted by Crippen LogP contribution is -2.25. The molecule has 0 N–H and O–H groups in total. The van der Waals surface area contributed by atoms with Gasteiger partial charge < -0.3 is 0 Å². The molecule has 0 radical (unpaired) electrons. The van der Waals surface area contributed by atoms with Crippen molar-refractivity contribution in [3.63, 3.8) is 0 Å². The lowest BCUT2D eigenvalue weighted by atomic mass is 9.68. The Kier molecular flexibility index (Phi) is 7.89. The van der Waals surface area contributed by atoms with E-state index in [4.69, 9.17) is 0 Å². The van der Waals surface area contributed by atoms with Crippen molar-refractivity contribution in [2.75, 3.05) is 0 Å². The Bertz CT molecular complexity index is 274. The van der Waals surface area contributed by atoms with E-state index in [1.807, 2.05) is 0 Å². The van der Waals surface area contributed by atoms with Gasteiger partial charge in [-0.3, -0.25) is 0 Å². The fraction of sp³-hybridized carbons (Fsp3) is 0.905. The van der Waals surface area contributed by atoms with Gasteiger partial charge in [0.1, 0.15) is 0 Å². The molecule has 21 heavy (non-hydrogen) atoms. The van der Waals surface area contributed by atoms with Gasteiger partial charge in [-0.05, 0) is 69.1 Å². The van der Waals surface area contributed by atoms with Crippen LogP contribution < -0.4 is 0 Å². The van der Waals surface area contributed by atoms with E-state index in [9.17, 15) is 0 Å². The first-order valence-corrected chi connectivity index (χ1v) is 9.96. The molecule has 2 aliphatic rings. The van der Waals surface area contributed by atoms with E-state index in [1.54, 1.807) is 25.7 Å². The molecule has 0 aromatic heterocycles. The molecule has 2 fully saturated rings. The van der Waals surface area contributed by atoms with Crippen LogP contribution in [-0.2, 0) is 0 Å². The van der Waals surface area contributed by atoms with Crippen LogP contribution in [0.1, 0.15) is 97.3 Å². The number of unbranched alkanes of at least 4 members (excludes halogenated alkanes) is 3. The van der Waals surface area contributed by atoms with Crippen molar-refractivity contribution in [2.45, 2.75) is 97.3 Å². The number of hydrogen-bond donors (Lipinski definition) is 0. The zero-order valence-corrected chi connectivity index (χ0v) is 14.7. The molecule has 122 valence electrons. The van der Waals surface area contributed by atoms with Crippen LogP contribution in [0.2, 0.25) is 0 Å². The third kappa shape index (κ3) is 5.80. The van der Waals surface area contributed by atoms with Crippen molar-refractivity contribution in [3.05, 3.63) is 12.2 Å². The van der Waals surface area contributed by atoms with Crippen LogP contribution in [0.5, 0.6) is 0 Å². The molecule has 2 saturated carbocycles. The van der Waals surface area contributed by atoms with Gasteiger partial charge in [0, 0.05) is 0 Å². The van der Waals surface area contributed by atoms with Crippen molar-refractivity contribution in [1.29, 1.82) is 0 Å². The molecule has 2 aliphatic carbocycles. The molecule has 0 heteroatoms. The van der Waals surface area contributed by atoms with Crippen LogP contribution in [0.3, 0.4) is 0 Å². The first kappa shape index (κ1) is 17.1. The molecule has 0 saturated heterocycles. The Morgan fingerprint density at radius 3 is 1.95 bits per heavy atom. The van der Waals surface area contributed by atoms with Gasteiger partial charge in [-0.1, -0.05) is 64.0 Å². The van der Waals surface area contributed by atoms with Crippen LogP contribution in [0.4, 0.5) is 0 Å².